The van der Waals surface area contributed by atoms with Crippen molar-refractivity contribution in [3.05, 3.63) is 0 Å². The molecule has 0 radical (unpaired) electrons. The van der Waals surface area contributed by atoms with E-state index in [-0.39, 0.29) is 11.7 Å². The summed E-state index contributed by atoms with van der Waals surface area (Å²) in [5.74, 6) is 0.366. The van der Waals surface area contributed by atoms with Gasteiger partial charge in [-0.2, -0.15) is 0 Å². The van der Waals surface area contributed by atoms with E-state index >= 15 is 0 Å². The fourth-order valence-electron chi connectivity index (χ4n) is 1.68. The zero-order chi connectivity index (χ0) is 9.84. The number of amides is 1. The van der Waals surface area contributed by atoms with Crippen LogP contribution in [-0.2, 0) is 4.79 Å². The lowest BCUT2D eigenvalue weighted by Crippen LogP contribution is -2.39. The maximum absolute atomic E-state index is 11.3. The molecule has 0 aliphatic carbocycles. The first-order valence-corrected chi connectivity index (χ1v) is 4.65. The van der Waals surface area contributed by atoms with Gasteiger partial charge in [0.25, 0.3) is 0 Å². The second-order valence-corrected chi connectivity index (χ2v) is 3.36. The maximum atomic E-state index is 11.3. The van der Waals surface area contributed by atoms with Crippen LogP contribution in [0.3, 0.4) is 0 Å². The van der Waals surface area contributed by atoms with Crippen LogP contribution in [0.2, 0.25) is 0 Å². The highest BCUT2D eigenvalue weighted by Gasteiger charge is 2.25. The Bertz CT molecular complexity index is 207. The van der Waals surface area contributed by atoms with Gasteiger partial charge in [0, 0.05) is 25.4 Å². The van der Waals surface area contributed by atoms with E-state index < -0.39 is 6.09 Å². The van der Waals surface area contributed by atoms with Gasteiger partial charge in [0.1, 0.15) is 5.78 Å². The largest absolute Gasteiger partial charge is 0.465 e. The number of hydrogen-bond acceptors (Lipinski definition) is 2. The summed E-state index contributed by atoms with van der Waals surface area (Å²) in [5, 5.41) is 8.66. The first kappa shape index (κ1) is 10.0. The molecular formula is C9H15NO3. The SMILES string of the molecule is CCC(=O)C1CCN(C(=O)O)CC1. The third-order valence-corrected chi connectivity index (χ3v) is 2.57. The molecule has 4 heteroatoms. The molecular weight excluding hydrogens is 170 g/mol. The van der Waals surface area contributed by atoms with Crippen molar-refractivity contribution in [1.82, 2.24) is 4.90 Å². The molecule has 1 rings (SSSR count). The van der Waals surface area contributed by atoms with Crippen LogP contribution in [0.25, 0.3) is 0 Å². The Balaban J connectivity index is 2.39. The van der Waals surface area contributed by atoms with Crippen LogP contribution in [0.4, 0.5) is 4.79 Å². The number of hydrogen-bond donors (Lipinski definition) is 1. The van der Waals surface area contributed by atoms with Crippen molar-refractivity contribution < 1.29 is 14.7 Å². The van der Waals surface area contributed by atoms with Gasteiger partial charge in [-0.1, -0.05) is 6.92 Å². The second kappa shape index (κ2) is 4.25. The van der Waals surface area contributed by atoms with E-state index in [1.165, 1.54) is 4.90 Å². The lowest BCUT2D eigenvalue weighted by atomic mass is 9.91. The lowest BCUT2D eigenvalue weighted by molar-refractivity contribution is -0.123. The van der Waals surface area contributed by atoms with E-state index in [1.54, 1.807) is 0 Å². The monoisotopic (exact) mass is 185 g/mol. The van der Waals surface area contributed by atoms with Gasteiger partial charge in [-0.3, -0.25) is 4.79 Å². The van der Waals surface area contributed by atoms with Crippen molar-refractivity contribution in [2.75, 3.05) is 13.1 Å². The van der Waals surface area contributed by atoms with Gasteiger partial charge in [0.2, 0.25) is 0 Å². The molecule has 1 fully saturated rings. The van der Waals surface area contributed by atoms with Crippen molar-refractivity contribution in [3.8, 4) is 0 Å². The molecule has 0 aromatic rings. The summed E-state index contributed by atoms with van der Waals surface area (Å²) in [5.41, 5.74) is 0. The van der Waals surface area contributed by atoms with E-state index in [0.717, 1.165) is 0 Å². The number of piperidine rings is 1. The molecule has 0 aromatic carbocycles. The number of nitrogens with zero attached hydrogens (tertiary/aromatic N) is 1. The highest BCUT2D eigenvalue weighted by molar-refractivity contribution is 5.81. The molecule has 1 saturated heterocycles. The van der Waals surface area contributed by atoms with Gasteiger partial charge in [0.15, 0.2) is 0 Å². The molecule has 74 valence electrons. The predicted molar refractivity (Wildman–Crippen MR) is 47.6 cm³/mol. The Morgan fingerprint density at radius 2 is 1.92 bits per heavy atom. The molecule has 1 aliphatic rings. The molecule has 0 saturated carbocycles. The highest BCUT2D eigenvalue weighted by atomic mass is 16.4. The summed E-state index contributed by atoms with van der Waals surface area (Å²) in [6, 6.07) is 0. The van der Waals surface area contributed by atoms with Gasteiger partial charge in [0.05, 0.1) is 0 Å². The van der Waals surface area contributed by atoms with Gasteiger partial charge < -0.3 is 10.0 Å². The van der Waals surface area contributed by atoms with Crippen LogP contribution in [0.1, 0.15) is 26.2 Å². The number of carbonyl (C=O) groups is 2. The van der Waals surface area contributed by atoms with Crippen LogP contribution in [-0.4, -0.2) is 35.0 Å². The molecule has 1 heterocycles. The summed E-state index contributed by atoms with van der Waals surface area (Å²) in [6.45, 7) is 2.86. The minimum atomic E-state index is -0.873. The Kier molecular flexibility index (Phi) is 3.28. The van der Waals surface area contributed by atoms with E-state index in [9.17, 15) is 9.59 Å². The first-order valence-electron chi connectivity index (χ1n) is 4.65. The van der Waals surface area contributed by atoms with Crippen LogP contribution >= 0.6 is 0 Å². The van der Waals surface area contributed by atoms with E-state index in [4.69, 9.17) is 5.11 Å². The Hall–Kier alpha value is -1.06. The Morgan fingerprint density at radius 1 is 1.38 bits per heavy atom. The van der Waals surface area contributed by atoms with Crippen molar-refractivity contribution in [2.45, 2.75) is 26.2 Å². The summed E-state index contributed by atoms with van der Waals surface area (Å²) in [7, 11) is 0. The minimum absolute atomic E-state index is 0.0978. The average molecular weight is 185 g/mol. The predicted octanol–water partition coefficient (Wildman–Crippen LogP) is 1.36. The fourth-order valence-corrected chi connectivity index (χ4v) is 1.68. The van der Waals surface area contributed by atoms with Gasteiger partial charge in [-0.15, -0.1) is 0 Å². The zero-order valence-corrected chi connectivity index (χ0v) is 7.82. The molecule has 13 heavy (non-hydrogen) atoms. The summed E-state index contributed by atoms with van der Waals surface area (Å²) >= 11 is 0. The number of likely N-dealkylation sites (tertiary alicyclic amines) is 1. The summed E-state index contributed by atoms with van der Waals surface area (Å²) in [4.78, 5) is 23.2. The lowest BCUT2D eigenvalue weighted by Gasteiger charge is -2.28. The highest BCUT2D eigenvalue weighted by Crippen LogP contribution is 2.18. The van der Waals surface area contributed by atoms with Crippen molar-refractivity contribution in [3.63, 3.8) is 0 Å². The molecule has 0 bridgehead atoms. The van der Waals surface area contributed by atoms with E-state index in [1.807, 2.05) is 6.92 Å². The van der Waals surface area contributed by atoms with Crippen LogP contribution in [0.15, 0.2) is 0 Å². The first-order chi connectivity index (χ1) is 6.15. The molecule has 0 unspecified atom stereocenters. The van der Waals surface area contributed by atoms with Crippen LogP contribution < -0.4 is 0 Å². The molecule has 0 spiro atoms. The quantitative estimate of drug-likeness (QED) is 0.706. The van der Waals surface area contributed by atoms with Crippen LogP contribution in [0, 0.1) is 5.92 Å². The van der Waals surface area contributed by atoms with Gasteiger partial charge >= 0.3 is 6.09 Å². The fraction of sp³-hybridized carbons (Fsp3) is 0.778. The molecule has 1 aliphatic heterocycles. The number of ketones is 1. The number of carboxylic acid groups (broad SMARTS) is 1. The number of carbonyl (C=O) groups excluding carboxylic acids is 1. The second-order valence-electron chi connectivity index (χ2n) is 3.36. The topological polar surface area (TPSA) is 57.6 Å². The molecule has 0 aromatic heterocycles. The summed E-state index contributed by atoms with van der Waals surface area (Å²) < 4.78 is 0. The minimum Gasteiger partial charge on any atom is -0.465 e. The van der Waals surface area contributed by atoms with Gasteiger partial charge in [-0.05, 0) is 12.8 Å². The Labute approximate surface area is 77.5 Å². The van der Waals surface area contributed by atoms with Crippen molar-refractivity contribution in [1.29, 1.82) is 0 Å². The van der Waals surface area contributed by atoms with Crippen molar-refractivity contribution in [2.24, 2.45) is 5.92 Å². The number of Topliss-reactive ketones (excluding diaryl/α,β-unsaturated/α-hetero) is 1. The maximum Gasteiger partial charge on any atom is 0.407 e. The molecule has 0 atom stereocenters. The van der Waals surface area contributed by atoms with Crippen molar-refractivity contribution >= 4 is 11.9 Å². The third kappa shape index (κ3) is 2.44. The van der Waals surface area contributed by atoms with E-state index in [0.29, 0.717) is 32.4 Å². The molecule has 1 N–H and O–H groups in total. The van der Waals surface area contributed by atoms with Crippen LogP contribution in [0.5, 0.6) is 0 Å². The third-order valence-electron chi connectivity index (χ3n) is 2.57. The summed E-state index contributed by atoms with van der Waals surface area (Å²) in [6.07, 6.45) is 1.08. The van der Waals surface area contributed by atoms with E-state index in [2.05, 4.69) is 0 Å². The average Bonchev–Trinajstić information content (AvgIpc) is 2.17. The standard InChI is InChI=1S/C9H15NO3/c1-2-8(11)7-3-5-10(6-4-7)9(12)13/h7H,2-6H2,1H3,(H,12,13). The molecule has 1 amide bonds. The number of rotatable bonds is 2. The zero-order valence-electron chi connectivity index (χ0n) is 7.82. The van der Waals surface area contributed by atoms with Gasteiger partial charge in [-0.25, -0.2) is 4.79 Å². The Morgan fingerprint density at radius 3 is 2.31 bits per heavy atom. The molecule has 4 nitrogen and oxygen atoms in total. The normalized spacial score (nSPS) is 18.7. The smallest absolute Gasteiger partial charge is 0.407 e.